The zero-order valence-corrected chi connectivity index (χ0v) is 17.5. The molecule has 1 aromatic heterocycles. The van der Waals surface area contributed by atoms with E-state index in [1.165, 1.54) is 16.6 Å². The van der Waals surface area contributed by atoms with E-state index in [2.05, 4.69) is 54.3 Å². The van der Waals surface area contributed by atoms with Crippen LogP contribution in [-0.4, -0.2) is 33.4 Å². The smallest absolute Gasteiger partial charge is 0.225 e. The number of carbonyl (C=O) groups is 1. The molecule has 1 fully saturated rings. The van der Waals surface area contributed by atoms with Gasteiger partial charge in [-0.2, -0.15) is 0 Å². The first kappa shape index (κ1) is 19.9. The Morgan fingerprint density at radius 1 is 1.11 bits per heavy atom. The lowest BCUT2D eigenvalue weighted by atomic mass is 9.92. The van der Waals surface area contributed by atoms with Crippen molar-refractivity contribution in [2.24, 2.45) is 11.8 Å². The van der Waals surface area contributed by atoms with E-state index in [0.717, 1.165) is 63.7 Å². The fourth-order valence-electron chi connectivity index (χ4n) is 4.42. The molecule has 27 heavy (non-hydrogen) atoms. The predicted octanol–water partition coefficient (Wildman–Crippen LogP) is 5.11. The normalized spacial score (nSPS) is 15.8. The molecule has 0 saturated carbocycles. The third-order valence-electron chi connectivity index (χ3n) is 6.24. The number of benzene rings is 1. The first-order valence-corrected chi connectivity index (χ1v) is 10.7. The molecule has 2 aromatic rings. The Labute approximate surface area is 164 Å². The number of aryl methyl sites for hydroxylation is 2. The molecular formula is C23H35N3O. The Hall–Kier alpha value is -1.84. The zero-order valence-electron chi connectivity index (χ0n) is 17.5. The molecule has 1 aliphatic heterocycles. The quantitative estimate of drug-likeness (QED) is 0.680. The van der Waals surface area contributed by atoms with E-state index in [0.29, 0.717) is 11.8 Å². The maximum absolute atomic E-state index is 12.9. The maximum Gasteiger partial charge on any atom is 0.225 e. The van der Waals surface area contributed by atoms with Crippen LogP contribution < -0.4 is 0 Å². The molecule has 1 aromatic carbocycles. The summed E-state index contributed by atoms with van der Waals surface area (Å²) in [4.78, 5) is 19.6. The lowest BCUT2D eigenvalue weighted by Crippen LogP contribution is -2.42. The van der Waals surface area contributed by atoms with Crippen LogP contribution in [0.25, 0.3) is 11.0 Å². The van der Waals surface area contributed by atoms with E-state index < -0.39 is 0 Å². The van der Waals surface area contributed by atoms with Crippen molar-refractivity contribution in [1.29, 1.82) is 0 Å². The minimum Gasteiger partial charge on any atom is -0.342 e. The van der Waals surface area contributed by atoms with Crippen molar-refractivity contribution in [2.45, 2.75) is 72.8 Å². The number of carbonyl (C=O) groups excluding carboxylic acids is 1. The zero-order chi connectivity index (χ0) is 19.4. The number of hydrogen-bond donors (Lipinski definition) is 0. The molecule has 0 radical (unpaired) electrons. The van der Waals surface area contributed by atoms with Gasteiger partial charge in [0, 0.05) is 25.6 Å². The largest absolute Gasteiger partial charge is 0.342 e. The van der Waals surface area contributed by atoms with E-state index >= 15 is 0 Å². The number of piperidine rings is 1. The summed E-state index contributed by atoms with van der Waals surface area (Å²) in [5, 5.41) is 0. The summed E-state index contributed by atoms with van der Waals surface area (Å²) >= 11 is 0. The van der Waals surface area contributed by atoms with Gasteiger partial charge in [0.15, 0.2) is 0 Å². The van der Waals surface area contributed by atoms with E-state index in [4.69, 9.17) is 0 Å². The Morgan fingerprint density at radius 2 is 1.74 bits per heavy atom. The van der Waals surface area contributed by atoms with Crippen molar-refractivity contribution in [1.82, 2.24) is 14.5 Å². The van der Waals surface area contributed by atoms with Crippen molar-refractivity contribution in [3.8, 4) is 0 Å². The van der Waals surface area contributed by atoms with Crippen LogP contribution >= 0.6 is 0 Å². The second-order valence-electron chi connectivity index (χ2n) is 8.37. The number of hydrogen-bond acceptors (Lipinski definition) is 2. The van der Waals surface area contributed by atoms with Gasteiger partial charge in [0.05, 0.1) is 17.4 Å². The van der Waals surface area contributed by atoms with Crippen LogP contribution in [0.3, 0.4) is 0 Å². The third-order valence-corrected chi connectivity index (χ3v) is 6.24. The number of fused-ring (bicyclic) bond motifs is 1. The number of rotatable bonds is 7. The van der Waals surface area contributed by atoms with Crippen LogP contribution in [0.2, 0.25) is 0 Å². The highest BCUT2D eigenvalue weighted by Gasteiger charge is 2.27. The fourth-order valence-corrected chi connectivity index (χ4v) is 4.42. The Balaban J connectivity index is 1.60. The van der Waals surface area contributed by atoms with Gasteiger partial charge in [-0.25, -0.2) is 4.98 Å². The molecule has 4 heteroatoms. The summed E-state index contributed by atoms with van der Waals surface area (Å²) in [6.45, 7) is 11.5. The molecule has 0 N–H and O–H groups in total. The van der Waals surface area contributed by atoms with E-state index in [1.807, 2.05) is 6.33 Å². The van der Waals surface area contributed by atoms with E-state index in [-0.39, 0.29) is 5.92 Å². The number of imidazole rings is 1. The monoisotopic (exact) mass is 369 g/mol. The van der Waals surface area contributed by atoms with Gasteiger partial charge in [-0.3, -0.25) is 4.79 Å². The van der Waals surface area contributed by atoms with Crippen molar-refractivity contribution < 1.29 is 4.79 Å². The summed E-state index contributed by atoms with van der Waals surface area (Å²) in [6.07, 6.45) is 8.44. The van der Waals surface area contributed by atoms with Crippen LogP contribution in [0.15, 0.2) is 18.5 Å². The van der Waals surface area contributed by atoms with Crippen molar-refractivity contribution >= 4 is 16.9 Å². The van der Waals surface area contributed by atoms with Crippen LogP contribution in [-0.2, 0) is 11.3 Å². The van der Waals surface area contributed by atoms with Gasteiger partial charge >= 0.3 is 0 Å². The van der Waals surface area contributed by atoms with Gasteiger partial charge in [-0.15, -0.1) is 0 Å². The Morgan fingerprint density at radius 3 is 2.37 bits per heavy atom. The van der Waals surface area contributed by atoms with Crippen LogP contribution in [0.1, 0.15) is 63.5 Å². The average molecular weight is 370 g/mol. The highest BCUT2D eigenvalue weighted by Crippen LogP contribution is 2.25. The fraction of sp³-hybridized carbons (Fsp3) is 0.652. The van der Waals surface area contributed by atoms with E-state index in [9.17, 15) is 4.79 Å². The van der Waals surface area contributed by atoms with Crippen LogP contribution in [0, 0.1) is 25.7 Å². The van der Waals surface area contributed by atoms with Crippen LogP contribution in [0.4, 0.5) is 0 Å². The van der Waals surface area contributed by atoms with Gasteiger partial charge in [0.1, 0.15) is 0 Å². The standard InChI is InChI=1S/C23H35N3O/c1-5-7-20(8-6-2)23(27)25-11-9-19(10-12-25)15-26-16-24-21-13-17(3)18(4)14-22(21)26/h13-14,16,19-20H,5-12,15H2,1-4H3. The molecule has 3 rings (SSSR count). The Kier molecular flexibility index (Phi) is 6.56. The number of amides is 1. The van der Waals surface area contributed by atoms with Gasteiger partial charge in [0.2, 0.25) is 5.91 Å². The van der Waals surface area contributed by atoms with Gasteiger partial charge in [-0.1, -0.05) is 26.7 Å². The first-order valence-electron chi connectivity index (χ1n) is 10.7. The molecule has 1 saturated heterocycles. The lowest BCUT2D eigenvalue weighted by Gasteiger charge is -2.34. The van der Waals surface area contributed by atoms with Crippen molar-refractivity contribution in [3.05, 3.63) is 29.6 Å². The van der Waals surface area contributed by atoms with Gasteiger partial charge in [-0.05, 0) is 68.7 Å². The van der Waals surface area contributed by atoms with Gasteiger partial charge < -0.3 is 9.47 Å². The third kappa shape index (κ3) is 4.53. The lowest BCUT2D eigenvalue weighted by molar-refractivity contribution is -0.137. The Bertz CT molecular complexity index is 765. The molecule has 0 unspecified atom stereocenters. The summed E-state index contributed by atoms with van der Waals surface area (Å²) < 4.78 is 2.31. The maximum atomic E-state index is 12.9. The summed E-state index contributed by atoms with van der Waals surface area (Å²) in [5.41, 5.74) is 4.95. The number of likely N-dealkylation sites (tertiary alicyclic amines) is 1. The minimum absolute atomic E-state index is 0.236. The van der Waals surface area contributed by atoms with E-state index in [1.54, 1.807) is 0 Å². The summed E-state index contributed by atoms with van der Waals surface area (Å²) in [7, 11) is 0. The molecule has 1 aliphatic rings. The van der Waals surface area contributed by atoms with Crippen LogP contribution in [0.5, 0.6) is 0 Å². The highest BCUT2D eigenvalue weighted by molar-refractivity contribution is 5.79. The molecule has 0 aliphatic carbocycles. The molecule has 2 heterocycles. The molecule has 4 nitrogen and oxygen atoms in total. The summed E-state index contributed by atoms with van der Waals surface area (Å²) in [6, 6.07) is 4.44. The first-order chi connectivity index (χ1) is 13.0. The minimum atomic E-state index is 0.236. The molecule has 0 atom stereocenters. The number of aromatic nitrogens is 2. The number of nitrogens with zero attached hydrogens (tertiary/aromatic N) is 3. The van der Waals surface area contributed by atoms with Gasteiger partial charge in [0.25, 0.3) is 0 Å². The molecule has 0 bridgehead atoms. The molecule has 148 valence electrons. The topological polar surface area (TPSA) is 38.1 Å². The molecule has 1 amide bonds. The average Bonchev–Trinajstić information content (AvgIpc) is 3.03. The SMILES string of the molecule is CCCC(CCC)C(=O)N1CCC(Cn2cnc3cc(C)c(C)cc32)CC1. The molecule has 0 spiro atoms. The second-order valence-corrected chi connectivity index (χ2v) is 8.37. The second kappa shape index (κ2) is 8.90. The van der Waals surface area contributed by atoms with Crippen molar-refractivity contribution in [2.75, 3.05) is 13.1 Å². The summed E-state index contributed by atoms with van der Waals surface area (Å²) in [5.74, 6) is 1.26. The van der Waals surface area contributed by atoms with Crippen molar-refractivity contribution in [3.63, 3.8) is 0 Å². The highest BCUT2D eigenvalue weighted by atomic mass is 16.2. The predicted molar refractivity (Wildman–Crippen MR) is 112 cm³/mol. The molecular weight excluding hydrogens is 334 g/mol.